The third-order valence-corrected chi connectivity index (χ3v) is 2.36. The van der Waals surface area contributed by atoms with Crippen LogP contribution in [0.5, 0.6) is 0 Å². The topological polar surface area (TPSA) is 53.4 Å². The van der Waals surface area contributed by atoms with Crippen LogP contribution < -0.4 is 4.90 Å². The molecule has 1 aromatic heterocycles. The van der Waals surface area contributed by atoms with Gasteiger partial charge in [0.2, 0.25) is 0 Å². The van der Waals surface area contributed by atoms with Crippen molar-refractivity contribution in [2.75, 3.05) is 18.0 Å². The van der Waals surface area contributed by atoms with Crippen molar-refractivity contribution in [2.24, 2.45) is 0 Å². The van der Waals surface area contributed by atoms with E-state index in [1.54, 1.807) is 25.1 Å². The summed E-state index contributed by atoms with van der Waals surface area (Å²) in [5.74, 6) is -0.159. The number of aryl methyl sites for hydroxylation is 1. The molecule has 1 aromatic rings. The van der Waals surface area contributed by atoms with Gasteiger partial charge in [-0.1, -0.05) is 6.08 Å². The molecule has 0 aromatic carbocycles. The number of nitrogens with zero attached hydrogens (tertiary/aromatic N) is 2. The Hall–Kier alpha value is -1.84. The molecule has 0 bridgehead atoms. The van der Waals surface area contributed by atoms with Gasteiger partial charge in [-0.25, -0.2) is 9.78 Å². The smallest absolute Gasteiger partial charge is 0.337 e. The molecule has 16 heavy (non-hydrogen) atoms. The lowest BCUT2D eigenvalue weighted by molar-refractivity contribution is 0.0695. The monoisotopic (exact) mass is 220 g/mol. The van der Waals surface area contributed by atoms with Crippen LogP contribution in [0, 0.1) is 6.92 Å². The van der Waals surface area contributed by atoms with Gasteiger partial charge in [0.1, 0.15) is 5.82 Å². The predicted octanol–water partition coefficient (Wildman–Crippen LogP) is 2.10. The van der Waals surface area contributed by atoms with Crippen molar-refractivity contribution in [3.05, 3.63) is 36.0 Å². The first-order valence-electron chi connectivity index (χ1n) is 5.17. The fraction of sp³-hybridized carbons (Fsp3) is 0.333. The van der Waals surface area contributed by atoms with E-state index >= 15 is 0 Å². The number of hydrogen-bond acceptors (Lipinski definition) is 3. The second kappa shape index (κ2) is 5.30. The zero-order valence-corrected chi connectivity index (χ0v) is 9.60. The molecule has 0 radical (unpaired) electrons. The van der Waals surface area contributed by atoms with Gasteiger partial charge in [0, 0.05) is 13.1 Å². The Kier molecular flexibility index (Phi) is 4.05. The van der Waals surface area contributed by atoms with Gasteiger partial charge >= 0.3 is 5.97 Å². The molecule has 0 spiro atoms. The molecule has 1 N–H and O–H groups in total. The van der Waals surface area contributed by atoms with E-state index < -0.39 is 5.97 Å². The van der Waals surface area contributed by atoms with Gasteiger partial charge in [-0.2, -0.15) is 0 Å². The third kappa shape index (κ3) is 2.59. The molecule has 0 saturated heterocycles. The zero-order chi connectivity index (χ0) is 12.1. The molecule has 0 unspecified atom stereocenters. The summed E-state index contributed by atoms with van der Waals surface area (Å²) in [6, 6.07) is 3.31. The fourth-order valence-electron chi connectivity index (χ4n) is 1.49. The number of aromatic nitrogens is 1. The minimum atomic E-state index is -0.941. The summed E-state index contributed by atoms with van der Waals surface area (Å²) in [6.45, 7) is 8.92. The summed E-state index contributed by atoms with van der Waals surface area (Å²) in [7, 11) is 0. The van der Waals surface area contributed by atoms with Gasteiger partial charge in [-0.05, 0) is 26.0 Å². The van der Waals surface area contributed by atoms with Crippen molar-refractivity contribution >= 4 is 11.8 Å². The SMILES string of the molecule is C=CCN(CC)c1ccc(C(=O)O)c(C)n1. The Morgan fingerprint density at radius 1 is 1.62 bits per heavy atom. The van der Waals surface area contributed by atoms with E-state index in [-0.39, 0.29) is 5.56 Å². The van der Waals surface area contributed by atoms with Gasteiger partial charge in [0.25, 0.3) is 0 Å². The largest absolute Gasteiger partial charge is 0.478 e. The summed E-state index contributed by atoms with van der Waals surface area (Å²) in [5.41, 5.74) is 0.783. The van der Waals surface area contributed by atoms with Gasteiger partial charge in [-0.3, -0.25) is 0 Å². The zero-order valence-electron chi connectivity index (χ0n) is 9.60. The van der Waals surface area contributed by atoms with Crippen LogP contribution in [-0.2, 0) is 0 Å². The van der Waals surface area contributed by atoms with Crippen molar-refractivity contribution in [1.29, 1.82) is 0 Å². The van der Waals surface area contributed by atoms with Gasteiger partial charge in [-0.15, -0.1) is 6.58 Å². The number of anilines is 1. The number of hydrogen-bond donors (Lipinski definition) is 1. The predicted molar refractivity (Wildman–Crippen MR) is 64.0 cm³/mol. The van der Waals surface area contributed by atoms with Crippen LogP contribution in [0.4, 0.5) is 5.82 Å². The Morgan fingerprint density at radius 2 is 2.31 bits per heavy atom. The summed E-state index contributed by atoms with van der Waals surface area (Å²) < 4.78 is 0. The van der Waals surface area contributed by atoms with E-state index in [0.717, 1.165) is 12.4 Å². The minimum absolute atomic E-state index is 0.249. The Morgan fingerprint density at radius 3 is 2.75 bits per heavy atom. The normalized spacial score (nSPS) is 9.88. The van der Waals surface area contributed by atoms with E-state index in [2.05, 4.69) is 11.6 Å². The maximum absolute atomic E-state index is 10.8. The van der Waals surface area contributed by atoms with E-state index in [1.165, 1.54) is 0 Å². The number of rotatable bonds is 5. The minimum Gasteiger partial charge on any atom is -0.478 e. The molecular formula is C12H16N2O2. The highest BCUT2D eigenvalue weighted by atomic mass is 16.4. The molecule has 86 valence electrons. The number of carbonyl (C=O) groups is 1. The number of pyridine rings is 1. The second-order valence-electron chi connectivity index (χ2n) is 3.43. The van der Waals surface area contributed by atoms with E-state index in [4.69, 9.17) is 5.11 Å². The quantitative estimate of drug-likeness (QED) is 0.772. The van der Waals surface area contributed by atoms with Gasteiger partial charge < -0.3 is 10.0 Å². The molecule has 0 saturated carbocycles. The highest BCUT2D eigenvalue weighted by Gasteiger charge is 2.10. The summed E-state index contributed by atoms with van der Waals surface area (Å²) in [5, 5.41) is 8.89. The highest BCUT2D eigenvalue weighted by Crippen LogP contribution is 2.14. The molecule has 0 aliphatic carbocycles. The Labute approximate surface area is 95.2 Å². The van der Waals surface area contributed by atoms with Crippen molar-refractivity contribution in [1.82, 2.24) is 4.98 Å². The maximum atomic E-state index is 10.8. The van der Waals surface area contributed by atoms with Crippen LogP contribution in [0.15, 0.2) is 24.8 Å². The maximum Gasteiger partial charge on any atom is 0.337 e. The second-order valence-corrected chi connectivity index (χ2v) is 3.43. The first-order chi connectivity index (χ1) is 7.60. The fourth-order valence-corrected chi connectivity index (χ4v) is 1.49. The van der Waals surface area contributed by atoms with Crippen LogP contribution >= 0.6 is 0 Å². The van der Waals surface area contributed by atoms with Crippen LogP contribution in [-0.4, -0.2) is 29.1 Å². The molecule has 0 aliphatic rings. The van der Waals surface area contributed by atoms with Crippen LogP contribution in [0.2, 0.25) is 0 Å². The molecule has 4 heteroatoms. The highest BCUT2D eigenvalue weighted by molar-refractivity contribution is 5.89. The molecule has 0 atom stereocenters. The average molecular weight is 220 g/mol. The lowest BCUT2D eigenvalue weighted by Crippen LogP contribution is -2.24. The summed E-state index contributed by atoms with van der Waals surface area (Å²) >= 11 is 0. The van der Waals surface area contributed by atoms with Crippen LogP contribution in [0.25, 0.3) is 0 Å². The van der Waals surface area contributed by atoms with E-state index in [1.807, 2.05) is 11.8 Å². The Balaban J connectivity index is 3.03. The molecule has 4 nitrogen and oxygen atoms in total. The Bertz CT molecular complexity index is 402. The van der Waals surface area contributed by atoms with E-state index in [9.17, 15) is 4.79 Å². The van der Waals surface area contributed by atoms with Gasteiger partial charge in [0.05, 0.1) is 11.3 Å². The first-order valence-corrected chi connectivity index (χ1v) is 5.17. The molecule has 0 aliphatic heterocycles. The summed E-state index contributed by atoms with van der Waals surface area (Å²) in [4.78, 5) is 17.1. The number of aromatic carboxylic acids is 1. The van der Waals surface area contributed by atoms with Crippen molar-refractivity contribution in [2.45, 2.75) is 13.8 Å². The van der Waals surface area contributed by atoms with Crippen molar-refractivity contribution in [3.8, 4) is 0 Å². The molecular weight excluding hydrogens is 204 g/mol. The summed E-state index contributed by atoms with van der Waals surface area (Å²) in [6.07, 6.45) is 1.80. The van der Waals surface area contributed by atoms with Crippen LogP contribution in [0.1, 0.15) is 23.0 Å². The number of carboxylic acids is 1. The first kappa shape index (κ1) is 12.2. The third-order valence-electron chi connectivity index (χ3n) is 2.36. The molecule has 1 rings (SSSR count). The number of likely N-dealkylation sites (N-methyl/N-ethyl adjacent to an activating group) is 1. The average Bonchev–Trinajstić information content (AvgIpc) is 2.25. The van der Waals surface area contributed by atoms with Gasteiger partial charge in [0.15, 0.2) is 0 Å². The van der Waals surface area contributed by atoms with Crippen molar-refractivity contribution < 1.29 is 9.90 Å². The molecule has 0 amide bonds. The van der Waals surface area contributed by atoms with Crippen LogP contribution in [0.3, 0.4) is 0 Å². The lowest BCUT2D eigenvalue weighted by Gasteiger charge is -2.20. The number of carboxylic acid groups (broad SMARTS) is 1. The molecule has 0 fully saturated rings. The molecule has 1 heterocycles. The standard InChI is InChI=1S/C12H16N2O2/c1-4-8-14(5-2)11-7-6-10(12(15)16)9(3)13-11/h4,6-7H,1,5,8H2,2-3H3,(H,15,16). The lowest BCUT2D eigenvalue weighted by atomic mass is 10.2. The van der Waals surface area contributed by atoms with Crippen molar-refractivity contribution in [3.63, 3.8) is 0 Å². The van der Waals surface area contributed by atoms with E-state index in [0.29, 0.717) is 12.2 Å².